The second-order valence-corrected chi connectivity index (χ2v) is 6.36. The highest BCUT2D eigenvalue weighted by atomic mass is 16.5. The molecule has 0 aliphatic heterocycles. The standard InChI is InChI=1S/C17H36N4O/c1-5-22-13-9-12-19-17(18-2)20-14-16(21(3)4)15-10-7-6-8-11-15/h15-16H,5-14H2,1-4H3,(H2,18,19,20). The van der Waals surface area contributed by atoms with E-state index in [-0.39, 0.29) is 0 Å². The first kappa shape index (κ1) is 19.2. The summed E-state index contributed by atoms with van der Waals surface area (Å²) in [5, 5.41) is 6.86. The maximum atomic E-state index is 5.35. The third kappa shape index (κ3) is 7.45. The highest BCUT2D eigenvalue weighted by molar-refractivity contribution is 5.79. The molecule has 0 saturated heterocycles. The van der Waals surface area contributed by atoms with Gasteiger partial charge in [-0.05, 0) is 46.2 Å². The number of hydrogen-bond donors (Lipinski definition) is 2. The molecular weight excluding hydrogens is 276 g/mol. The molecule has 0 heterocycles. The van der Waals surface area contributed by atoms with Gasteiger partial charge in [-0.2, -0.15) is 0 Å². The van der Waals surface area contributed by atoms with E-state index in [2.05, 4.69) is 34.6 Å². The van der Waals surface area contributed by atoms with E-state index in [4.69, 9.17) is 4.74 Å². The van der Waals surface area contributed by atoms with Crippen LogP contribution in [0.25, 0.3) is 0 Å². The van der Waals surface area contributed by atoms with Crippen LogP contribution in [0.5, 0.6) is 0 Å². The van der Waals surface area contributed by atoms with Crippen LogP contribution >= 0.6 is 0 Å². The molecule has 1 fully saturated rings. The van der Waals surface area contributed by atoms with Crippen LogP contribution in [0, 0.1) is 5.92 Å². The van der Waals surface area contributed by atoms with Gasteiger partial charge in [0.05, 0.1) is 0 Å². The lowest BCUT2D eigenvalue weighted by molar-refractivity contribution is 0.145. The van der Waals surface area contributed by atoms with Crippen molar-refractivity contribution in [2.75, 3.05) is 47.4 Å². The van der Waals surface area contributed by atoms with E-state index >= 15 is 0 Å². The van der Waals surface area contributed by atoms with Gasteiger partial charge in [-0.25, -0.2) is 0 Å². The smallest absolute Gasteiger partial charge is 0.191 e. The van der Waals surface area contributed by atoms with Crippen molar-refractivity contribution >= 4 is 5.96 Å². The molecule has 1 atom stereocenters. The van der Waals surface area contributed by atoms with E-state index in [9.17, 15) is 0 Å². The highest BCUT2D eigenvalue weighted by Gasteiger charge is 2.25. The van der Waals surface area contributed by atoms with Crippen LogP contribution in [-0.2, 0) is 4.74 Å². The number of hydrogen-bond acceptors (Lipinski definition) is 3. The van der Waals surface area contributed by atoms with Gasteiger partial charge >= 0.3 is 0 Å². The van der Waals surface area contributed by atoms with Gasteiger partial charge < -0.3 is 20.3 Å². The second-order valence-electron chi connectivity index (χ2n) is 6.36. The molecule has 1 rings (SSSR count). The number of aliphatic imine (C=N–C) groups is 1. The Kier molecular flexibility index (Phi) is 10.2. The fourth-order valence-electron chi connectivity index (χ4n) is 3.24. The van der Waals surface area contributed by atoms with Gasteiger partial charge in [0.1, 0.15) is 0 Å². The summed E-state index contributed by atoms with van der Waals surface area (Å²) >= 11 is 0. The normalized spacial score (nSPS) is 18.5. The summed E-state index contributed by atoms with van der Waals surface area (Å²) in [6.07, 6.45) is 7.93. The molecule has 22 heavy (non-hydrogen) atoms. The minimum absolute atomic E-state index is 0.585. The largest absolute Gasteiger partial charge is 0.382 e. The monoisotopic (exact) mass is 312 g/mol. The zero-order valence-corrected chi connectivity index (χ0v) is 15.0. The quantitative estimate of drug-likeness (QED) is 0.389. The number of likely N-dealkylation sites (N-methyl/N-ethyl adjacent to an activating group) is 1. The average Bonchev–Trinajstić information content (AvgIpc) is 2.53. The summed E-state index contributed by atoms with van der Waals surface area (Å²) in [5.41, 5.74) is 0. The fourth-order valence-corrected chi connectivity index (χ4v) is 3.24. The van der Waals surface area contributed by atoms with E-state index in [1.807, 2.05) is 14.0 Å². The topological polar surface area (TPSA) is 48.9 Å². The predicted octanol–water partition coefficient (Wildman–Crippen LogP) is 2.09. The average molecular weight is 313 g/mol. The summed E-state index contributed by atoms with van der Waals surface area (Å²) < 4.78 is 5.35. The summed E-state index contributed by atoms with van der Waals surface area (Å²) in [4.78, 5) is 6.68. The van der Waals surface area contributed by atoms with Gasteiger partial charge in [-0.15, -0.1) is 0 Å². The lowest BCUT2D eigenvalue weighted by Gasteiger charge is -2.35. The Hall–Kier alpha value is -0.810. The first-order chi connectivity index (χ1) is 10.7. The number of rotatable bonds is 9. The molecule has 5 heteroatoms. The zero-order chi connectivity index (χ0) is 16.2. The van der Waals surface area contributed by atoms with E-state index in [1.54, 1.807) is 0 Å². The second kappa shape index (κ2) is 11.7. The summed E-state index contributed by atoms with van der Waals surface area (Å²) in [6, 6.07) is 0.585. The molecule has 0 amide bonds. The third-order valence-corrected chi connectivity index (χ3v) is 4.52. The van der Waals surface area contributed by atoms with Crippen LogP contribution in [0.15, 0.2) is 4.99 Å². The van der Waals surface area contributed by atoms with E-state index < -0.39 is 0 Å². The van der Waals surface area contributed by atoms with Crippen molar-refractivity contribution in [2.45, 2.75) is 51.5 Å². The number of nitrogens with zero attached hydrogens (tertiary/aromatic N) is 2. The van der Waals surface area contributed by atoms with Crippen LogP contribution < -0.4 is 10.6 Å². The van der Waals surface area contributed by atoms with Crippen molar-refractivity contribution in [3.63, 3.8) is 0 Å². The number of guanidine groups is 1. The van der Waals surface area contributed by atoms with Crippen LogP contribution in [0.3, 0.4) is 0 Å². The van der Waals surface area contributed by atoms with Crippen molar-refractivity contribution in [1.82, 2.24) is 15.5 Å². The van der Waals surface area contributed by atoms with Crippen LogP contribution in [-0.4, -0.2) is 64.3 Å². The maximum absolute atomic E-state index is 5.35. The van der Waals surface area contributed by atoms with E-state index in [0.29, 0.717) is 6.04 Å². The van der Waals surface area contributed by atoms with E-state index in [0.717, 1.165) is 44.6 Å². The molecule has 0 spiro atoms. The van der Waals surface area contributed by atoms with Gasteiger partial charge in [-0.3, -0.25) is 4.99 Å². The summed E-state index contributed by atoms with van der Waals surface area (Å²) in [6.45, 7) is 5.49. The molecule has 1 aliphatic carbocycles. The third-order valence-electron chi connectivity index (χ3n) is 4.52. The Balaban J connectivity index is 2.31. The minimum Gasteiger partial charge on any atom is -0.382 e. The van der Waals surface area contributed by atoms with Gasteiger partial charge in [-0.1, -0.05) is 19.3 Å². The summed E-state index contributed by atoms with van der Waals surface area (Å²) in [5.74, 6) is 1.71. The van der Waals surface area contributed by atoms with Crippen LogP contribution in [0.2, 0.25) is 0 Å². The molecule has 0 aromatic heterocycles. The van der Waals surface area contributed by atoms with Gasteiger partial charge in [0.25, 0.3) is 0 Å². The van der Waals surface area contributed by atoms with Crippen molar-refractivity contribution in [3.8, 4) is 0 Å². The molecule has 1 aliphatic rings. The Morgan fingerprint density at radius 1 is 1.23 bits per heavy atom. The van der Waals surface area contributed by atoms with Crippen molar-refractivity contribution < 1.29 is 4.74 Å². The molecule has 130 valence electrons. The molecule has 0 bridgehead atoms. The van der Waals surface area contributed by atoms with E-state index in [1.165, 1.54) is 32.1 Å². The van der Waals surface area contributed by atoms with Gasteiger partial charge in [0.2, 0.25) is 0 Å². The van der Waals surface area contributed by atoms with Crippen molar-refractivity contribution in [3.05, 3.63) is 0 Å². The lowest BCUT2D eigenvalue weighted by atomic mass is 9.83. The summed E-state index contributed by atoms with van der Waals surface area (Å²) in [7, 11) is 6.22. The fraction of sp³-hybridized carbons (Fsp3) is 0.941. The van der Waals surface area contributed by atoms with Gasteiger partial charge in [0, 0.05) is 39.4 Å². The molecule has 5 nitrogen and oxygen atoms in total. The van der Waals surface area contributed by atoms with Crippen LogP contribution in [0.4, 0.5) is 0 Å². The lowest BCUT2D eigenvalue weighted by Crippen LogP contribution is -2.48. The molecular formula is C17H36N4O. The van der Waals surface area contributed by atoms with Crippen molar-refractivity contribution in [2.24, 2.45) is 10.9 Å². The minimum atomic E-state index is 0.585. The van der Waals surface area contributed by atoms with Crippen LogP contribution in [0.1, 0.15) is 45.4 Å². The molecule has 0 radical (unpaired) electrons. The first-order valence-electron chi connectivity index (χ1n) is 8.87. The molecule has 1 saturated carbocycles. The van der Waals surface area contributed by atoms with Crippen molar-refractivity contribution in [1.29, 1.82) is 0 Å². The predicted molar refractivity (Wildman–Crippen MR) is 94.5 cm³/mol. The first-order valence-corrected chi connectivity index (χ1v) is 8.87. The Morgan fingerprint density at radius 3 is 2.55 bits per heavy atom. The zero-order valence-electron chi connectivity index (χ0n) is 15.0. The molecule has 2 N–H and O–H groups in total. The maximum Gasteiger partial charge on any atom is 0.191 e. The SMILES string of the molecule is CCOCCCNC(=NC)NCC(C1CCCCC1)N(C)C. The Labute approximate surface area is 136 Å². The molecule has 0 aromatic carbocycles. The Bertz CT molecular complexity index is 301. The highest BCUT2D eigenvalue weighted by Crippen LogP contribution is 2.27. The molecule has 0 aromatic rings. The number of nitrogens with one attached hydrogen (secondary N) is 2. The molecule has 1 unspecified atom stereocenters. The van der Waals surface area contributed by atoms with Gasteiger partial charge in [0.15, 0.2) is 5.96 Å². The Morgan fingerprint density at radius 2 is 1.95 bits per heavy atom. The number of ether oxygens (including phenoxy) is 1.